The van der Waals surface area contributed by atoms with Gasteiger partial charge in [0.05, 0.1) is 31.3 Å². The number of benzene rings is 2. The Morgan fingerprint density at radius 1 is 1.03 bits per heavy atom. The fraction of sp³-hybridized carbons (Fsp3) is 0.517. The van der Waals surface area contributed by atoms with E-state index in [-0.39, 0.29) is 46.7 Å². The van der Waals surface area contributed by atoms with Crippen LogP contribution in [-0.2, 0) is 36.0 Å². The van der Waals surface area contributed by atoms with E-state index in [1.807, 2.05) is 18.2 Å². The third kappa shape index (κ3) is 8.32. The van der Waals surface area contributed by atoms with E-state index in [1.165, 1.54) is 14.2 Å². The number of anilines is 1. The molecule has 0 bridgehead atoms. The number of ether oxygens (including phenoxy) is 2. The van der Waals surface area contributed by atoms with Gasteiger partial charge in [0.1, 0.15) is 5.75 Å². The Bertz CT molecular complexity index is 1200. The zero-order chi connectivity index (χ0) is 27.8. The van der Waals surface area contributed by atoms with Crippen molar-refractivity contribution in [2.45, 2.75) is 83.0 Å². The SMILES string of the molecule is CCCCC(CC(=O)Nc1cc(CC(=O)OC)ccc1C(C)(C)C)c1ccc(S(=O)(=O)CC)cc1OC. The van der Waals surface area contributed by atoms with Crippen molar-refractivity contribution in [2.24, 2.45) is 0 Å². The summed E-state index contributed by atoms with van der Waals surface area (Å²) in [6.07, 6.45) is 2.97. The highest BCUT2D eigenvalue weighted by atomic mass is 32.2. The molecule has 1 unspecified atom stereocenters. The molecule has 0 heterocycles. The molecule has 0 aromatic heterocycles. The highest BCUT2D eigenvalue weighted by Gasteiger charge is 2.24. The van der Waals surface area contributed by atoms with Crippen molar-refractivity contribution in [3.63, 3.8) is 0 Å². The van der Waals surface area contributed by atoms with Crippen molar-refractivity contribution >= 4 is 27.4 Å². The number of unbranched alkanes of at least 4 members (excludes halogenated alkanes) is 1. The second kappa shape index (κ2) is 13.1. The van der Waals surface area contributed by atoms with Crippen molar-refractivity contribution < 1.29 is 27.5 Å². The van der Waals surface area contributed by atoms with Crippen molar-refractivity contribution in [3.05, 3.63) is 53.1 Å². The molecule has 1 amide bonds. The number of amides is 1. The van der Waals surface area contributed by atoms with Crippen LogP contribution in [0, 0.1) is 0 Å². The van der Waals surface area contributed by atoms with Gasteiger partial charge in [-0.1, -0.05) is 65.7 Å². The summed E-state index contributed by atoms with van der Waals surface area (Å²) in [7, 11) is -0.515. The van der Waals surface area contributed by atoms with E-state index in [4.69, 9.17) is 9.47 Å². The molecule has 0 spiro atoms. The normalized spacial score (nSPS) is 12.6. The van der Waals surface area contributed by atoms with E-state index >= 15 is 0 Å². The molecule has 0 aliphatic heterocycles. The van der Waals surface area contributed by atoms with Crippen LogP contribution in [-0.4, -0.2) is 40.3 Å². The third-order valence-corrected chi connectivity index (χ3v) is 8.20. The van der Waals surface area contributed by atoms with Gasteiger partial charge in [-0.05, 0) is 52.6 Å². The van der Waals surface area contributed by atoms with Gasteiger partial charge in [0.2, 0.25) is 5.91 Å². The highest BCUT2D eigenvalue weighted by molar-refractivity contribution is 7.91. The van der Waals surface area contributed by atoms with Gasteiger partial charge in [0.25, 0.3) is 0 Å². The maximum absolute atomic E-state index is 13.4. The average molecular weight is 532 g/mol. The minimum absolute atomic E-state index is 0.00230. The number of rotatable bonds is 12. The summed E-state index contributed by atoms with van der Waals surface area (Å²) < 4.78 is 35.1. The number of sulfone groups is 1. The van der Waals surface area contributed by atoms with Gasteiger partial charge in [0.15, 0.2) is 9.84 Å². The molecule has 0 saturated heterocycles. The maximum Gasteiger partial charge on any atom is 0.309 e. The minimum atomic E-state index is -3.38. The van der Waals surface area contributed by atoms with Gasteiger partial charge >= 0.3 is 5.97 Å². The summed E-state index contributed by atoms with van der Waals surface area (Å²) in [6, 6.07) is 10.6. The molecule has 8 heteroatoms. The Balaban J connectivity index is 2.39. The van der Waals surface area contributed by atoms with E-state index in [0.29, 0.717) is 11.4 Å². The number of esters is 1. The standard InChI is InChI=1S/C29H41NO6S/c1-8-10-11-21(23-14-13-22(19-26(23)35-6)37(33,34)9-2)18-27(31)30-25-16-20(17-28(32)36-7)12-15-24(25)29(3,4)5/h12-16,19,21H,8-11,17-18H2,1-7H3,(H,30,31). The van der Waals surface area contributed by atoms with Gasteiger partial charge in [-0.25, -0.2) is 8.42 Å². The number of hydrogen-bond donors (Lipinski definition) is 1. The molecular weight excluding hydrogens is 490 g/mol. The highest BCUT2D eigenvalue weighted by Crippen LogP contribution is 2.36. The number of methoxy groups -OCH3 is 2. The Kier molecular flexibility index (Phi) is 10.7. The van der Waals surface area contributed by atoms with Crippen LogP contribution in [0.25, 0.3) is 0 Å². The summed E-state index contributed by atoms with van der Waals surface area (Å²) in [5, 5.41) is 3.08. The van der Waals surface area contributed by atoms with E-state index in [1.54, 1.807) is 25.1 Å². The third-order valence-electron chi connectivity index (χ3n) is 6.46. The first-order valence-corrected chi connectivity index (χ1v) is 14.4. The summed E-state index contributed by atoms with van der Waals surface area (Å²) in [4.78, 5) is 25.4. The maximum atomic E-state index is 13.4. The number of carbonyl (C=O) groups is 2. The van der Waals surface area contributed by atoms with Crippen LogP contribution in [0.5, 0.6) is 5.75 Å². The molecule has 2 aromatic rings. The van der Waals surface area contributed by atoms with Gasteiger partial charge < -0.3 is 14.8 Å². The lowest BCUT2D eigenvalue weighted by atomic mass is 9.84. The van der Waals surface area contributed by atoms with E-state index in [2.05, 4.69) is 33.0 Å². The summed E-state index contributed by atoms with van der Waals surface area (Å²) in [5.74, 6) is -0.179. The minimum Gasteiger partial charge on any atom is -0.496 e. The van der Waals surface area contributed by atoms with Crippen molar-refractivity contribution in [1.29, 1.82) is 0 Å². The number of carbonyl (C=O) groups excluding carboxylic acids is 2. The average Bonchev–Trinajstić information content (AvgIpc) is 2.85. The number of hydrogen-bond acceptors (Lipinski definition) is 6. The zero-order valence-electron chi connectivity index (χ0n) is 23.1. The van der Waals surface area contributed by atoms with Crippen LogP contribution < -0.4 is 10.1 Å². The van der Waals surface area contributed by atoms with E-state index in [0.717, 1.165) is 36.0 Å². The Hall–Kier alpha value is -2.87. The van der Waals surface area contributed by atoms with Crippen LogP contribution in [0.1, 0.15) is 82.9 Å². The van der Waals surface area contributed by atoms with Crippen molar-refractivity contribution in [3.8, 4) is 5.75 Å². The van der Waals surface area contributed by atoms with Crippen LogP contribution in [0.3, 0.4) is 0 Å². The predicted molar refractivity (Wildman–Crippen MR) is 147 cm³/mol. The second-order valence-electron chi connectivity index (χ2n) is 10.3. The van der Waals surface area contributed by atoms with Crippen LogP contribution in [0.4, 0.5) is 5.69 Å². The largest absolute Gasteiger partial charge is 0.496 e. The van der Waals surface area contributed by atoms with Crippen molar-refractivity contribution in [2.75, 3.05) is 25.3 Å². The van der Waals surface area contributed by atoms with Crippen LogP contribution in [0.2, 0.25) is 0 Å². The monoisotopic (exact) mass is 531 g/mol. The number of nitrogens with one attached hydrogen (secondary N) is 1. The predicted octanol–water partition coefficient (Wildman–Crippen LogP) is 5.80. The zero-order valence-corrected chi connectivity index (χ0v) is 24.0. The first-order chi connectivity index (χ1) is 17.4. The molecule has 2 rings (SSSR count). The Morgan fingerprint density at radius 3 is 2.30 bits per heavy atom. The fourth-order valence-electron chi connectivity index (χ4n) is 4.33. The van der Waals surface area contributed by atoms with Gasteiger partial charge in [0, 0.05) is 12.1 Å². The molecule has 37 heavy (non-hydrogen) atoms. The Labute approximate surface area is 221 Å². The molecule has 1 N–H and O–H groups in total. The summed E-state index contributed by atoms with van der Waals surface area (Å²) in [5.41, 5.74) is 2.98. The van der Waals surface area contributed by atoms with Gasteiger partial charge in [-0.3, -0.25) is 9.59 Å². The topological polar surface area (TPSA) is 98.8 Å². The molecule has 0 aliphatic rings. The Morgan fingerprint density at radius 2 is 1.73 bits per heavy atom. The van der Waals surface area contributed by atoms with Crippen LogP contribution in [0.15, 0.2) is 41.3 Å². The van der Waals surface area contributed by atoms with E-state index < -0.39 is 9.84 Å². The van der Waals surface area contributed by atoms with Gasteiger partial charge in [-0.15, -0.1) is 0 Å². The molecule has 204 valence electrons. The lowest BCUT2D eigenvalue weighted by Gasteiger charge is -2.25. The molecule has 0 aliphatic carbocycles. The lowest BCUT2D eigenvalue weighted by molar-refractivity contribution is -0.139. The molecule has 7 nitrogen and oxygen atoms in total. The second-order valence-corrected chi connectivity index (χ2v) is 12.6. The van der Waals surface area contributed by atoms with Gasteiger partial charge in [-0.2, -0.15) is 0 Å². The molecular formula is C29H41NO6S. The molecule has 0 radical (unpaired) electrons. The molecule has 0 saturated carbocycles. The lowest BCUT2D eigenvalue weighted by Crippen LogP contribution is -2.21. The summed E-state index contributed by atoms with van der Waals surface area (Å²) in [6.45, 7) is 9.90. The molecule has 1 atom stereocenters. The quantitative estimate of drug-likeness (QED) is 0.347. The molecule has 0 fully saturated rings. The fourth-order valence-corrected chi connectivity index (χ4v) is 5.22. The van der Waals surface area contributed by atoms with E-state index in [9.17, 15) is 18.0 Å². The van der Waals surface area contributed by atoms with Crippen molar-refractivity contribution in [1.82, 2.24) is 0 Å². The smallest absolute Gasteiger partial charge is 0.309 e. The summed E-state index contributed by atoms with van der Waals surface area (Å²) >= 11 is 0. The molecule has 2 aromatic carbocycles. The first-order valence-electron chi connectivity index (χ1n) is 12.8. The first kappa shape index (κ1) is 30.4. The van der Waals surface area contributed by atoms with Crippen LogP contribution >= 0.6 is 0 Å².